The van der Waals surface area contributed by atoms with Gasteiger partial charge in [-0.25, -0.2) is 8.42 Å². The highest BCUT2D eigenvalue weighted by atomic mass is 32.2. The predicted molar refractivity (Wildman–Crippen MR) is 105 cm³/mol. The molecule has 1 aromatic carbocycles. The van der Waals surface area contributed by atoms with Crippen molar-refractivity contribution in [3.8, 4) is 0 Å². The Hall–Kier alpha value is -1.60. The van der Waals surface area contributed by atoms with Crippen LogP contribution in [0.1, 0.15) is 51.9 Å². The van der Waals surface area contributed by atoms with E-state index in [9.17, 15) is 13.2 Å². The minimum absolute atomic E-state index is 0.00400. The fourth-order valence-corrected chi connectivity index (χ4v) is 5.20. The number of carbonyl (C=O) groups excluding carboxylic acids is 1. The Kier molecular flexibility index (Phi) is 6.19. The van der Waals surface area contributed by atoms with Crippen molar-refractivity contribution in [2.75, 3.05) is 15.8 Å². The average molecular weight is 380 g/mol. The van der Waals surface area contributed by atoms with Gasteiger partial charge in [0.2, 0.25) is 15.9 Å². The molecule has 26 heavy (non-hydrogen) atoms. The summed E-state index contributed by atoms with van der Waals surface area (Å²) in [6, 6.07) is 7.19. The molecule has 1 aliphatic carbocycles. The molecule has 0 spiro atoms. The molecule has 0 bridgehead atoms. The van der Waals surface area contributed by atoms with Gasteiger partial charge in [0, 0.05) is 17.4 Å². The number of rotatable bonds is 7. The Bertz CT molecular complexity index is 704. The monoisotopic (exact) mass is 379 g/mol. The highest BCUT2D eigenvalue weighted by Gasteiger charge is 2.38. The van der Waals surface area contributed by atoms with E-state index >= 15 is 0 Å². The Balaban J connectivity index is 1.53. The van der Waals surface area contributed by atoms with Crippen LogP contribution in [0.2, 0.25) is 0 Å². The summed E-state index contributed by atoms with van der Waals surface area (Å²) in [4.78, 5) is 12.5. The van der Waals surface area contributed by atoms with Gasteiger partial charge in [0.1, 0.15) is 0 Å². The topological polar surface area (TPSA) is 87.3 Å². The van der Waals surface area contributed by atoms with Gasteiger partial charge in [-0.1, -0.05) is 26.2 Å². The number of unbranched alkanes of at least 4 members (excludes halogenated alkanes) is 1. The second-order valence-electron chi connectivity index (χ2n) is 7.45. The van der Waals surface area contributed by atoms with Gasteiger partial charge < -0.3 is 10.6 Å². The number of amides is 1. The zero-order chi connectivity index (χ0) is 18.6. The highest BCUT2D eigenvalue weighted by Crippen LogP contribution is 2.33. The number of hydrogen-bond donors (Lipinski definition) is 3. The molecule has 0 radical (unpaired) electrons. The lowest BCUT2D eigenvalue weighted by atomic mass is 9.85. The van der Waals surface area contributed by atoms with Gasteiger partial charge in [-0.2, -0.15) is 0 Å². The quantitative estimate of drug-likeness (QED) is 0.679. The Morgan fingerprint density at radius 3 is 2.54 bits per heavy atom. The van der Waals surface area contributed by atoms with Crippen LogP contribution in [-0.4, -0.2) is 32.2 Å². The summed E-state index contributed by atoms with van der Waals surface area (Å²) in [5, 5.41) is 6.41. The molecular formula is C19H29N3O3S. The molecule has 1 saturated heterocycles. The average Bonchev–Trinajstić information content (AvgIpc) is 3.06. The second kappa shape index (κ2) is 8.39. The van der Waals surface area contributed by atoms with E-state index in [4.69, 9.17) is 0 Å². The number of fused-ring (bicyclic) bond motifs is 1. The van der Waals surface area contributed by atoms with Crippen molar-refractivity contribution in [3.63, 3.8) is 0 Å². The van der Waals surface area contributed by atoms with E-state index in [0.717, 1.165) is 12.8 Å². The van der Waals surface area contributed by atoms with Crippen LogP contribution in [0.4, 0.5) is 11.4 Å². The highest BCUT2D eigenvalue weighted by molar-refractivity contribution is 7.92. The molecule has 1 amide bonds. The maximum atomic E-state index is 12.5. The number of nitrogens with one attached hydrogen (secondary N) is 3. The third-order valence-electron chi connectivity index (χ3n) is 5.37. The second-order valence-corrected chi connectivity index (χ2v) is 9.29. The number of anilines is 2. The molecule has 2 fully saturated rings. The van der Waals surface area contributed by atoms with E-state index < -0.39 is 10.0 Å². The maximum absolute atomic E-state index is 12.5. The summed E-state index contributed by atoms with van der Waals surface area (Å²) < 4.78 is 26.4. The molecule has 3 atom stereocenters. The van der Waals surface area contributed by atoms with Crippen LogP contribution in [-0.2, 0) is 14.8 Å². The SMILES string of the molecule is CCCCS(=O)(=O)Nc1ccc(NC(=O)C2CC3CCCCC3N2)cc1. The van der Waals surface area contributed by atoms with Gasteiger partial charge in [0.25, 0.3) is 0 Å². The molecule has 3 rings (SSSR count). The molecule has 3 unspecified atom stereocenters. The van der Waals surface area contributed by atoms with Crippen molar-refractivity contribution in [2.24, 2.45) is 5.92 Å². The summed E-state index contributed by atoms with van der Waals surface area (Å²) in [6.45, 7) is 1.96. The van der Waals surface area contributed by atoms with Crippen molar-refractivity contribution in [1.82, 2.24) is 5.32 Å². The predicted octanol–water partition coefficient (Wildman–Crippen LogP) is 3.09. The van der Waals surface area contributed by atoms with Gasteiger partial charge in [-0.3, -0.25) is 9.52 Å². The Labute approximate surface area is 156 Å². The lowest BCUT2D eigenvalue weighted by Gasteiger charge is -2.24. The molecule has 144 valence electrons. The van der Waals surface area contributed by atoms with E-state index in [0.29, 0.717) is 29.8 Å². The van der Waals surface area contributed by atoms with Crippen LogP contribution in [0.5, 0.6) is 0 Å². The van der Waals surface area contributed by atoms with E-state index in [2.05, 4.69) is 15.4 Å². The summed E-state index contributed by atoms with van der Waals surface area (Å²) >= 11 is 0. The minimum Gasteiger partial charge on any atom is -0.325 e. The summed E-state index contributed by atoms with van der Waals surface area (Å²) in [5.41, 5.74) is 1.20. The summed E-state index contributed by atoms with van der Waals surface area (Å²) in [5.74, 6) is 0.743. The molecule has 1 aliphatic heterocycles. The Morgan fingerprint density at radius 2 is 1.85 bits per heavy atom. The van der Waals surface area contributed by atoms with E-state index in [1.54, 1.807) is 24.3 Å². The standard InChI is InChI=1S/C19H29N3O3S/c1-2-3-12-26(24,25)22-16-10-8-15(9-11-16)20-19(23)18-13-14-6-4-5-7-17(14)21-18/h8-11,14,17-18,21-22H,2-7,12-13H2,1H3,(H,20,23). The van der Waals surface area contributed by atoms with Crippen LogP contribution < -0.4 is 15.4 Å². The fourth-order valence-electron chi connectivity index (χ4n) is 3.94. The maximum Gasteiger partial charge on any atom is 0.241 e. The van der Waals surface area contributed by atoms with Gasteiger partial charge in [0.15, 0.2) is 0 Å². The third kappa shape index (κ3) is 4.98. The third-order valence-corrected chi connectivity index (χ3v) is 6.74. The molecule has 1 saturated carbocycles. The molecule has 0 aromatic heterocycles. The van der Waals surface area contributed by atoms with E-state index in [1.807, 2.05) is 6.92 Å². The van der Waals surface area contributed by atoms with Crippen LogP contribution >= 0.6 is 0 Å². The minimum atomic E-state index is -3.31. The van der Waals surface area contributed by atoms with Crippen molar-refractivity contribution in [2.45, 2.75) is 64.0 Å². The molecule has 1 heterocycles. The molecular weight excluding hydrogens is 350 g/mol. The first-order chi connectivity index (χ1) is 12.5. The van der Waals surface area contributed by atoms with Crippen LogP contribution in [0, 0.1) is 5.92 Å². The lowest BCUT2D eigenvalue weighted by molar-refractivity contribution is -0.117. The summed E-state index contributed by atoms with van der Waals surface area (Å²) in [6.07, 6.45) is 7.29. The number of sulfonamides is 1. The van der Waals surface area contributed by atoms with Crippen LogP contribution in [0.15, 0.2) is 24.3 Å². The molecule has 7 heteroatoms. The number of carbonyl (C=O) groups is 1. The van der Waals surface area contributed by atoms with Gasteiger partial charge in [0.05, 0.1) is 11.8 Å². The zero-order valence-corrected chi connectivity index (χ0v) is 16.1. The molecule has 3 N–H and O–H groups in total. The van der Waals surface area contributed by atoms with Gasteiger partial charge in [-0.05, 0) is 55.9 Å². The smallest absolute Gasteiger partial charge is 0.241 e. The van der Waals surface area contributed by atoms with Crippen LogP contribution in [0.3, 0.4) is 0 Å². The molecule has 2 aliphatic rings. The van der Waals surface area contributed by atoms with E-state index in [1.165, 1.54) is 25.7 Å². The van der Waals surface area contributed by atoms with E-state index in [-0.39, 0.29) is 17.7 Å². The number of benzene rings is 1. The van der Waals surface area contributed by atoms with Crippen molar-refractivity contribution < 1.29 is 13.2 Å². The summed E-state index contributed by atoms with van der Waals surface area (Å²) in [7, 11) is -3.31. The number of hydrogen-bond acceptors (Lipinski definition) is 4. The first-order valence-electron chi connectivity index (χ1n) is 9.64. The fraction of sp³-hybridized carbons (Fsp3) is 0.632. The van der Waals surface area contributed by atoms with Crippen molar-refractivity contribution >= 4 is 27.3 Å². The van der Waals surface area contributed by atoms with Gasteiger partial charge >= 0.3 is 0 Å². The molecule has 1 aromatic rings. The van der Waals surface area contributed by atoms with Crippen molar-refractivity contribution in [3.05, 3.63) is 24.3 Å². The zero-order valence-electron chi connectivity index (χ0n) is 15.3. The lowest BCUT2D eigenvalue weighted by Crippen LogP contribution is -2.39. The first-order valence-corrected chi connectivity index (χ1v) is 11.3. The van der Waals surface area contributed by atoms with Crippen molar-refractivity contribution in [1.29, 1.82) is 0 Å². The molecule has 6 nitrogen and oxygen atoms in total. The Morgan fingerprint density at radius 1 is 1.15 bits per heavy atom. The first kappa shape index (κ1) is 19.2. The van der Waals surface area contributed by atoms with Crippen LogP contribution in [0.25, 0.3) is 0 Å². The largest absolute Gasteiger partial charge is 0.325 e. The normalized spacial score (nSPS) is 25.5. The van der Waals surface area contributed by atoms with Gasteiger partial charge in [-0.15, -0.1) is 0 Å².